The average Bonchev–Trinajstić information content (AvgIpc) is 3.24. The maximum absolute atomic E-state index is 12.3. The lowest BCUT2D eigenvalue weighted by molar-refractivity contribution is -0.111. The molecule has 0 spiro atoms. The molecule has 0 aliphatic heterocycles. The van der Waals surface area contributed by atoms with Gasteiger partial charge in [0.05, 0.1) is 12.0 Å². The average molecular weight is 308 g/mol. The minimum Gasteiger partial charge on any atom is -0.465 e. The molecule has 0 saturated carbocycles. The fraction of sp³-hybridized carbons (Fsp3) is 0.368. The highest BCUT2D eigenvalue weighted by Crippen LogP contribution is 2.35. The maximum atomic E-state index is 12.3. The second-order valence-electron chi connectivity index (χ2n) is 6.24. The van der Waals surface area contributed by atoms with Crippen LogP contribution in [0.3, 0.4) is 0 Å². The lowest BCUT2D eigenvalue weighted by Gasteiger charge is -2.21. The van der Waals surface area contributed by atoms with E-state index in [1.54, 1.807) is 12.3 Å². The number of amides is 1. The fourth-order valence-corrected chi connectivity index (χ4v) is 3.61. The molecule has 0 atom stereocenters. The normalized spacial score (nSPS) is 16.3. The number of hydrogen-bond donors (Lipinski definition) is 1. The molecule has 1 amide bonds. The van der Waals surface area contributed by atoms with E-state index in [2.05, 4.69) is 5.32 Å². The first-order valence-electron chi connectivity index (χ1n) is 8.37. The van der Waals surface area contributed by atoms with Gasteiger partial charge in [0, 0.05) is 17.5 Å². The Hall–Kier alpha value is -2.36. The van der Waals surface area contributed by atoms with E-state index < -0.39 is 0 Å². The zero-order valence-corrected chi connectivity index (χ0v) is 13.1. The number of carbonyl (C=O) groups excluding carboxylic acids is 1. The Morgan fingerprint density at radius 1 is 1.09 bits per heavy atom. The second kappa shape index (κ2) is 6.03. The predicted octanol–water partition coefficient (Wildman–Crippen LogP) is 3.69. The van der Waals surface area contributed by atoms with Gasteiger partial charge in [-0.3, -0.25) is 9.78 Å². The summed E-state index contributed by atoms with van der Waals surface area (Å²) in [6.07, 6.45) is 12.5. The molecule has 2 aromatic rings. The smallest absolute Gasteiger partial charge is 0.248 e. The summed E-state index contributed by atoms with van der Waals surface area (Å²) in [6.45, 7) is 0. The van der Waals surface area contributed by atoms with E-state index in [9.17, 15) is 4.79 Å². The molecule has 1 N–H and O–H groups in total. The molecule has 0 unspecified atom stereocenters. The van der Waals surface area contributed by atoms with Crippen LogP contribution in [0.2, 0.25) is 0 Å². The Labute approximate surface area is 135 Å². The van der Waals surface area contributed by atoms with Crippen molar-refractivity contribution in [1.29, 1.82) is 0 Å². The van der Waals surface area contributed by atoms with Crippen molar-refractivity contribution in [1.82, 2.24) is 4.98 Å². The summed E-state index contributed by atoms with van der Waals surface area (Å²) in [5.41, 5.74) is 5.94. The molecule has 0 bridgehead atoms. The van der Waals surface area contributed by atoms with E-state index in [-0.39, 0.29) is 5.91 Å². The molecule has 0 aromatic carbocycles. The Kier molecular flexibility index (Phi) is 3.74. The standard InChI is InChI=1S/C19H20N2O2/c22-18(11-10-13-5-4-12-23-13)21-19-14-6-1-2-8-16(14)20-17-9-3-7-15(17)19/h4-5,10-12H,1-3,6-9H2,(H,20,21,22)/b11-10+. The molecule has 0 fully saturated rings. The second-order valence-corrected chi connectivity index (χ2v) is 6.24. The van der Waals surface area contributed by atoms with Crippen LogP contribution in [0.1, 0.15) is 47.5 Å². The molecule has 118 valence electrons. The third-order valence-electron chi connectivity index (χ3n) is 4.69. The largest absolute Gasteiger partial charge is 0.465 e. The first-order chi connectivity index (χ1) is 11.3. The summed E-state index contributed by atoms with van der Waals surface area (Å²) < 4.78 is 5.22. The molecule has 0 radical (unpaired) electrons. The van der Waals surface area contributed by atoms with Gasteiger partial charge >= 0.3 is 0 Å². The van der Waals surface area contributed by atoms with Gasteiger partial charge in [0.2, 0.25) is 5.91 Å². The van der Waals surface area contributed by atoms with Crippen LogP contribution in [0, 0.1) is 0 Å². The first kappa shape index (κ1) is 14.2. The lowest BCUT2D eigenvalue weighted by atomic mass is 9.92. The van der Waals surface area contributed by atoms with E-state index in [1.807, 2.05) is 12.1 Å². The molecule has 2 aliphatic rings. The highest BCUT2D eigenvalue weighted by atomic mass is 16.3. The Morgan fingerprint density at radius 2 is 1.83 bits per heavy atom. The van der Waals surface area contributed by atoms with E-state index in [0.29, 0.717) is 5.76 Å². The third-order valence-corrected chi connectivity index (χ3v) is 4.69. The molecule has 4 heteroatoms. The minimum atomic E-state index is -0.102. The molecule has 4 nitrogen and oxygen atoms in total. The molecular formula is C19H20N2O2. The van der Waals surface area contributed by atoms with E-state index in [0.717, 1.165) is 37.8 Å². The van der Waals surface area contributed by atoms with Crippen LogP contribution >= 0.6 is 0 Å². The number of fused-ring (bicyclic) bond motifs is 2. The van der Waals surface area contributed by atoms with Gasteiger partial charge in [-0.1, -0.05) is 0 Å². The Balaban J connectivity index is 1.63. The van der Waals surface area contributed by atoms with Crippen LogP contribution in [0.15, 0.2) is 28.9 Å². The number of hydrogen-bond acceptors (Lipinski definition) is 3. The quantitative estimate of drug-likeness (QED) is 0.880. The number of aromatic nitrogens is 1. The van der Waals surface area contributed by atoms with Gasteiger partial charge < -0.3 is 9.73 Å². The number of aryl methyl sites for hydroxylation is 2. The number of pyridine rings is 1. The van der Waals surface area contributed by atoms with Crippen LogP contribution in [0.5, 0.6) is 0 Å². The highest BCUT2D eigenvalue weighted by Gasteiger charge is 2.25. The highest BCUT2D eigenvalue weighted by molar-refractivity contribution is 6.02. The molecule has 2 heterocycles. The topological polar surface area (TPSA) is 55.1 Å². The van der Waals surface area contributed by atoms with Crippen molar-refractivity contribution in [2.45, 2.75) is 44.9 Å². The SMILES string of the molecule is O=C(/C=C/c1ccco1)Nc1c2c(nc3c1CCC3)CCCC2. The van der Waals surface area contributed by atoms with Gasteiger partial charge in [0.1, 0.15) is 5.76 Å². The summed E-state index contributed by atoms with van der Waals surface area (Å²) in [5, 5.41) is 3.13. The van der Waals surface area contributed by atoms with Crippen LogP contribution in [-0.2, 0) is 30.5 Å². The van der Waals surface area contributed by atoms with Crippen molar-refractivity contribution in [3.63, 3.8) is 0 Å². The predicted molar refractivity (Wildman–Crippen MR) is 89.3 cm³/mol. The molecule has 23 heavy (non-hydrogen) atoms. The number of nitrogens with one attached hydrogen (secondary N) is 1. The fourth-order valence-electron chi connectivity index (χ4n) is 3.61. The van der Waals surface area contributed by atoms with Gasteiger partial charge in [-0.15, -0.1) is 0 Å². The number of furan rings is 1. The summed E-state index contributed by atoms with van der Waals surface area (Å²) >= 11 is 0. The maximum Gasteiger partial charge on any atom is 0.248 e. The summed E-state index contributed by atoms with van der Waals surface area (Å²) in [5.74, 6) is 0.580. The van der Waals surface area contributed by atoms with E-state index in [4.69, 9.17) is 9.40 Å². The number of nitrogens with zero attached hydrogens (tertiary/aromatic N) is 1. The van der Waals surface area contributed by atoms with Crippen LogP contribution in [0.4, 0.5) is 5.69 Å². The van der Waals surface area contributed by atoms with Crippen molar-refractivity contribution < 1.29 is 9.21 Å². The molecule has 2 aromatic heterocycles. The van der Waals surface area contributed by atoms with Crippen molar-refractivity contribution >= 4 is 17.7 Å². The number of carbonyl (C=O) groups is 1. The van der Waals surface area contributed by atoms with E-state index >= 15 is 0 Å². The van der Waals surface area contributed by atoms with Crippen LogP contribution in [0.25, 0.3) is 6.08 Å². The number of rotatable bonds is 3. The van der Waals surface area contributed by atoms with Gasteiger partial charge in [-0.05, 0) is 74.3 Å². The van der Waals surface area contributed by atoms with Crippen LogP contribution < -0.4 is 5.32 Å². The van der Waals surface area contributed by atoms with Gasteiger partial charge in [0.15, 0.2) is 0 Å². The van der Waals surface area contributed by atoms with Crippen molar-refractivity contribution in [3.8, 4) is 0 Å². The van der Waals surface area contributed by atoms with Crippen molar-refractivity contribution in [2.75, 3.05) is 5.32 Å². The summed E-state index contributed by atoms with van der Waals surface area (Å²) in [7, 11) is 0. The van der Waals surface area contributed by atoms with Gasteiger partial charge in [-0.25, -0.2) is 0 Å². The Bertz CT molecular complexity index is 760. The monoisotopic (exact) mass is 308 g/mol. The Morgan fingerprint density at radius 3 is 2.61 bits per heavy atom. The summed E-state index contributed by atoms with van der Waals surface area (Å²) in [4.78, 5) is 17.2. The zero-order chi connectivity index (χ0) is 15.6. The van der Waals surface area contributed by atoms with Crippen molar-refractivity contribution in [2.24, 2.45) is 0 Å². The molecule has 0 saturated heterocycles. The number of anilines is 1. The minimum absolute atomic E-state index is 0.102. The summed E-state index contributed by atoms with van der Waals surface area (Å²) in [6, 6.07) is 3.64. The van der Waals surface area contributed by atoms with Gasteiger partial charge in [0.25, 0.3) is 0 Å². The van der Waals surface area contributed by atoms with E-state index in [1.165, 1.54) is 41.4 Å². The molecular weight excluding hydrogens is 288 g/mol. The lowest BCUT2D eigenvalue weighted by Crippen LogP contribution is -2.17. The van der Waals surface area contributed by atoms with Gasteiger partial charge in [-0.2, -0.15) is 0 Å². The molecule has 4 rings (SSSR count). The first-order valence-corrected chi connectivity index (χ1v) is 8.37. The third kappa shape index (κ3) is 2.81. The zero-order valence-electron chi connectivity index (χ0n) is 13.1. The van der Waals surface area contributed by atoms with Crippen LogP contribution in [-0.4, -0.2) is 10.9 Å². The van der Waals surface area contributed by atoms with Crippen molar-refractivity contribution in [3.05, 3.63) is 52.7 Å². The molecule has 2 aliphatic carbocycles.